The summed E-state index contributed by atoms with van der Waals surface area (Å²) in [6.45, 7) is 4.70. The van der Waals surface area contributed by atoms with Crippen LogP contribution in [0.2, 0.25) is 0 Å². The van der Waals surface area contributed by atoms with Crippen molar-refractivity contribution in [3.05, 3.63) is 193 Å². The fourth-order valence-corrected chi connectivity index (χ4v) is 9.45. The molecule has 0 spiro atoms. The van der Waals surface area contributed by atoms with Gasteiger partial charge in [0.05, 0.1) is 11.4 Å². The van der Waals surface area contributed by atoms with E-state index in [1.807, 2.05) is 11.3 Å². The normalized spacial score (nSPS) is 13.3. The summed E-state index contributed by atoms with van der Waals surface area (Å²) in [6, 6.07) is 66.6. The molecule has 10 rings (SSSR count). The molecule has 52 heavy (non-hydrogen) atoms. The zero-order chi connectivity index (χ0) is 34.8. The predicted octanol–water partition coefficient (Wildman–Crippen LogP) is 14.5. The van der Waals surface area contributed by atoms with E-state index in [-0.39, 0.29) is 5.41 Å². The lowest BCUT2D eigenvalue weighted by atomic mass is 9.73. The van der Waals surface area contributed by atoms with Gasteiger partial charge in [-0.25, -0.2) is 0 Å². The third kappa shape index (κ3) is 4.85. The second kappa shape index (κ2) is 12.0. The highest BCUT2D eigenvalue weighted by molar-refractivity contribution is 7.26. The standard InChI is InChI=1S/C49H36N2S/c1-49(2)43-19-9-11-21-45(43)51(46-22-12-10-20-44(46)49)39-31-41(48-42(32-39)40-18-8-13-23-47(40)52-48)34-25-27-37(28-26-34)50(36-16-4-3-5-17-36)38-29-24-33-14-6-7-15-35(33)30-38/h3-32H,1-2H3. The van der Waals surface area contributed by atoms with E-state index < -0.39 is 0 Å². The molecule has 9 aromatic rings. The molecule has 0 radical (unpaired) electrons. The monoisotopic (exact) mass is 684 g/mol. The average Bonchev–Trinajstić information content (AvgIpc) is 3.57. The van der Waals surface area contributed by atoms with E-state index in [0.29, 0.717) is 0 Å². The van der Waals surface area contributed by atoms with Gasteiger partial charge in [0.25, 0.3) is 0 Å². The lowest BCUT2D eigenvalue weighted by Crippen LogP contribution is -2.30. The second-order valence-electron chi connectivity index (χ2n) is 14.2. The Morgan fingerprint density at radius 3 is 1.83 bits per heavy atom. The summed E-state index contributed by atoms with van der Waals surface area (Å²) in [7, 11) is 0. The summed E-state index contributed by atoms with van der Waals surface area (Å²) in [5, 5.41) is 5.06. The molecular formula is C49H36N2S. The molecule has 2 nitrogen and oxygen atoms in total. The van der Waals surface area contributed by atoms with Crippen LogP contribution in [0.15, 0.2) is 182 Å². The van der Waals surface area contributed by atoms with Gasteiger partial charge in [0.2, 0.25) is 0 Å². The van der Waals surface area contributed by atoms with Crippen molar-refractivity contribution in [2.75, 3.05) is 9.80 Å². The van der Waals surface area contributed by atoms with Crippen LogP contribution in [0, 0.1) is 0 Å². The Balaban J connectivity index is 1.16. The van der Waals surface area contributed by atoms with Crippen molar-refractivity contribution in [2.45, 2.75) is 19.3 Å². The van der Waals surface area contributed by atoms with Crippen LogP contribution >= 0.6 is 11.3 Å². The lowest BCUT2D eigenvalue weighted by molar-refractivity contribution is 0.632. The van der Waals surface area contributed by atoms with Gasteiger partial charge in [0, 0.05) is 53.9 Å². The molecule has 8 aromatic carbocycles. The van der Waals surface area contributed by atoms with Crippen LogP contribution in [0.5, 0.6) is 0 Å². The fraction of sp³-hybridized carbons (Fsp3) is 0.0612. The number of rotatable bonds is 5. The average molecular weight is 685 g/mol. The first kappa shape index (κ1) is 30.6. The fourth-order valence-electron chi connectivity index (χ4n) is 8.23. The van der Waals surface area contributed by atoms with Crippen LogP contribution < -0.4 is 9.80 Å². The molecule has 0 saturated heterocycles. The Hall–Kier alpha value is -6.16. The molecule has 0 saturated carbocycles. The third-order valence-electron chi connectivity index (χ3n) is 10.8. The van der Waals surface area contributed by atoms with E-state index in [0.717, 1.165) is 17.1 Å². The summed E-state index contributed by atoms with van der Waals surface area (Å²) in [4.78, 5) is 4.83. The van der Waals surface area contributed by atoms with E-state index in [1.54, 1.807) is 0 Å². The zero-order valence-electron chi connectivity index (χ0n) is 29.1. The first-order valence-corrected chi connectivity index (χ1v) is 18.8. The summed E-state index contributed by atoms with van der Waals surface area (Å²) < 4.78 is 2.62. The van der Waals surface area contributed by atoms with E-state index >= 15 is 0 Å². The van der Waals surface area contributed by atoms with E-state index in [2.05, 4.69) is 206 Å². The molecule has 2 heterocycles. The van der Waals surface area contributed by atoms with Crippen molar-refractivity contribution < 1.29 is 0 Å². The molecule has 1 aliphatic heterocycles. The van der Waals surface area contributed by atoms with Gasteiger partial charge in [-0.15, -0.1) is 11.3 Å². The van der Waals surface area contributed by atoms with Crippen LogP contribution in [0.3, 0.4) is 0 Å². The van der Waals surface area contributed by atoms with Crippen molar-refractivity contribution in [2.24, 2.45) is 0 Å². The number of hydrogen-bond donors (Lipinski definition) is 0. The minimum atomic E-state index is -0.114. The van der Waals surface area contributed by atoms with Gasteiger partial charge in [0.1, 0.15) is 0 Å². The topological polar surface area (TPSA) is 6.48 Å². The first-order valence-electron chi connectivity index (χ1n) is 17.9. The molecule has 0 N–H and O–H groups in total. The number of hydrogen-bond acceptors (Lipinski definition) is 3. The highest BCUT2D eigenvalue weighted by atomic mass is 32.1. The molecule has 0 amide bonds. The van der Waals surface area contributed by atoms with Crippen molar-refractivity contribution in [3.63, 3.8) is 0 Å². The van der Waals surface area contributed by atoms with Crippen LogP contribution in [0.1, 0.15) is 25.0 Å². The molecule has 0 fully saturated rings. The van der Waals surface area contributed by atoms with Crippen molar-refractivity contribution in [1.29, 1.82) is 0 Å². The smallest absolute Gasteiger partial charge is 0.0502 e. The van der Waals surface area contributed by atoms with Gasteiger partial charge in [-0.05, 0) is 94.2 Å². The number of para-hydroxylation sites is 3. The summed E-state index contributed by atoms with van der Waals surface area (Å²) in [6.07, 6.45) is 0. The molecule has 0 bridgehead atoms. The maximum atomic E-state index is 2.48. The van der Waals surface area contributed by atoms with E-state index in [4.69, 9.17) is 0 Å². The van der Waals surface area contributed by atoms with Gasteiger partial charge < -0.3 is 9.80 Å². The van der Waals surface area contributed by atoms with E-state index in [1.165, 1.54) is 70.3 Å². The lowest BCUT2D eigenvalue weighted by Gasteiger charge is -2.42. The summed E-state index contributed by atoms with van der Waals surface area (Å²) in [5.74, 6) is 0. The minimum absolute atomic E-state index is 0.114. The number of benzene rings is 8. The Labute approximate surface area is 308 Å². The van der Waals surface area contributed by atoms with Crippen molar-refractivity contribution in [1.82, 2.24) is 0 Å². The maximum Gasteiger partial charge on any atom is 0.0502 e. The Kier molecular flexibility index (Phi) is 7.06. The van der Waals surface area contributed by atoms with Crippen LogP contribution in [0.4, 0.5) is 34.1 Å². The van der Waals surface area contributed by atoms with Gasteiger partial charge >= 0.3 is 0 Å². The molecule has 248 valence electrons. The number of thiophene rings is 1. The zero-order valence-corrected chi connectivity index (χ0v) is 29.9. The molecule has 1 aromatic heterocycles. The van der Waals surface area contributed by atoms with Crippen LogP contribution in [-0.2, 0) is 5.41 Å². The van der Waals surface area contributed by atoms with Crippen molar-refractivity contribution in [3.8, 4) is 11.1 Å². The molecule has 1 aliphatic rings. The SMILES string of the molecule is CC1(C)c2ccccc2N(c2cc(-c3ccc(N(c4ccccc4)c4ccc5ccccc5c4)cc3)c3sc4ccccc4c3c2)c2ccccc21. The molecule has 0 atom stereocenters. The summed E-state index contributed by atoms with van der Waals surface area (Å²) in [5.41, 5.74) is 12.0. The van der Waals surface area contributed by atoms with Crippen LogP contribution in [0.25, 0.3) is 42.1 Å². The highest BCUT2D eigenvalue weighted by Gasteiger charge is 2.36. The Morgan fingerprint density at radius 1 is 0.481 bits per heavy atom. The van der Waals surface area contributed by atoms with Crippen molar-refractivity contribution >= 4 is 76.4 Å². The predicted molar refractivity (Wildman–Crippen MR) is 224 cm³/mol. The molecule has 0 unspecified atom stereocenters. The van der Waals surface area contributed by atoms with Gasteiger partial charge in [-0.1, -0.05) is 129 Å². The second-order valence-corrected chi connectivity index (χ2v) is 15.3. The largest absolute Gasteiger partial charge is 0.310 e. The van der Waals surface area contributed by atoms with E-state index in [9.17, 15) is 0 Å². The van der Waals surface area contributed by atoms with Gasteiger partial charge in [-0.2, -0.15) is 0 Å². The highest BCUT2D eigenvalue weighted by Crippen LogP contribution is 2.53. The molecular weight excluding hydrogens is 649 g/mol. The number of fused-ring (bicyclic) bond motifs is 6. The Bertz CT molecular complexity index is 2730. The molecule has 3 heteroatoms. The molecule has 0 aliphatic carbocycles. The van der Waals surface area contributed by atoms with Gasteiger partial charge in [0.15, 0.2) is 0 Å². The van der Waals surface area contributed by atoms with Crippen LogP contribution in [-0.4, -0.2) is 0 Å². The first-order chi connectivity index (χ1) is 25.5. The number of anilines is 6. The Morgan fingerprint density at radius 2 is 1.08 bits per heavy atom. The van der Waals surface area contributed by atoms with Gasteiger partial charge in [-0.3, -0.25) is 0 Å². The third-order valence-corrected chi connectivity index (χ3v) is 12.0. The number of nitrogens with zero attached hydrogens (tertiary/aromatic N) is 2. The maximum absolute atomic E-state index is 2.48. The summed E-state index contributed by atoms with van der Waals surface area (Å²) >= 11 is 1.89. The quantitative estimate of drug-likeness (QED) is 0.178. The minimum Gasteiger partial charge on any atom is -0.310 e.